The van der Waals surface area contributed by atoms with Gasteiger partial charge in [0.05, 0.1) is 5.69 Å². The molecular weight excluding hydrogens is 711 g/mol. The van der Waals surface area contributed by atoms with Gasteiger partial charge in [-0.05, 0) is 67.7 Å². The summed E-state index contributed by atoms with van der Waals surface area (Å²) in [4.78, 5) is 82.1. The quantitative estimate of drug-likeness (QED) is 0.0528. The molecule has 0 saturated carbocycles. The second-order valence-electron chi connectivity index (χ2n) is 14.6. The zero-order valence-electron chi connectivity index (χ0n) is 33.2. The average molecular weight is 770 g/mol. The lowest BCUT2D eigenvalue weighted by molar-refractivity contribution is -0.148. The number of phenols is 1. The molecule has 0 fully saturated rings. The van der Waals surface area contributed by atoms with Crippen LogP contribution in [-0.4, -0.2) is 81.6 Å². The van der Waals surface area contributed by atoms with Gasteiger partial charge in [-0.25, -0.2) is 4.98 Å². The van der Waals surface area contributed by atoms with E-state index in [2.05, 4.69) is 22.5 Å². The fraction of sp³-hybridized carbons (Fsp3) is 0.575. The minimum absolute atomic E-state index is 0.0162. The number of thiazole rings is 1. The highest BCUT2D eigenvalue weighted by molar-refractivity contribution is 7.09. The van der Waals surface area contributed by atoms with E-state index >= 15 is 0 Å². The third kappa shape index (κ3) is 15.0. The van der Waals surface area contributed by atoms with Crippen molar-refractivity contribution in [3.8, 4) is 5.75 Å². The summed E-state index contributed by atoms with van der Waals surface area (Å²) in [6.45, 7) is 15.3. The molecule has 1 aromatic carbocycles. The van der Waals surface area contributed by atoms with Crippen LogP contribution in [0.25, 0.3) is 0 Å². The molecule has 1 aromatic heterocycles. The number of nitrogens with zero attached hydrogens (tertiary/aromatic N) is 3. The summed E-state index contributed by atoms with van der Waals surface area (Å²) in [6, 6.07) is 4.30. The summed E-state index contributed by atoms with van der Waals surface area (Å²) < 4.78 is 5.72. The highest BCUT2D eigenvalue weighted by atomic mass is 32.1. The summed E-state index contributed by atoms with van der Waals surface area (Å²) in [7, 11) is 1.78. The molecule has 14 heteroatoms. The maximum Gasteiger partial charge on any atom is 0.303 e. The van der Waals surface area contributed by atoms with E-state index in [4.69, 9.17) is 4.74 Å². The smallest absolute Gasteiger partial charge is 0.303 e. The molecule has 0 aliphatic carbocycles. The fourth-order valence-electron chi connectivity index (χ4n) is 6.00. The molecule has 0 radical (unpaired) electrons. The van der Waals surface area contributed by atoms with Gasteiger partial charge in [0.15, 0.2) is 6.10 Å². The van der Waals surface area contributed by atoms with Crippen molar-refractivity contribution in [3.05, 3.63) is 52.0 Å². The van der Waals surface area contributed by atoms with Crippen molar-refractivity contribution < 1.29 is 38.6 Å². The second kappa shape index (κ2) is 22.6. The van der Waals surface area contributed by atoms with Crippen molar-refractivity contribution >= 4 is 53.0 Å². The number of hydrogen-bond donors (Lipinski definition) is 3. The summed E-state index contributed by atoms with van der Waals surface area (Å²) in [6.07, 6.45) is 5.42. The number of imide groups is 1. The molecule has 5 amide bonds. The Hall–Kier alpha value is -4.59. The van der Waals surface area contributed by atoms with Crippen molar-refractivity contribution in [2.75, 3.05) is 18.9 Å². The zero-order valence-corrected chi connectivity index (χ0v) is 34.0. The lowest BCUT2D eigenvalue weighted by atomic mass is 9.95. The third-order valence-corrected chi connectivity index (χ3v) is 10.0. The van der Waals surface area contributed by atoms with Crippen LogP contribution < -0.4 is 10.6 Å². The summed E-state index contributed by atoms with van der Waals surface area (Å²) >= 11 is 1.22. The Morgan fingerprint density at radius 3 is 2.37 bits per heavy atom. The average Bonchev–Trinajstić information content (AvgIpc) is 3.60. The van der Waals surface area contributed by atoms with Crippen LogP contribution in [-0.2, 0) is 35.1 Å². The number of benzene rings is 1. The lowest BCUT2D eigenvalue weighted by Crippen LogP contribution is -2.42. The molecule has 2 aromatic rings. The summed E-state index contributed by atoms with van der Waals surface area (Å²) in [5.74, 6) is -1.29. The van der Waals surface area contributed by atoms with Gasteiger partial charge in [-0.15, -0.1) is 11.3 Å². The Balaban J connectivity index is 2.18. The molecule has 0 aliphatic heterocycles. The highest BCUT2D eigenvalue weighted by Gasteiger charge is 2.31. The van der Waals surface area contributed by atoms with Gasteiger partial charge in [-0.1, -0.05) is 60.1 Å². The number of allylic oxidation sites excluding steroid dienone is 1. The number of anilines is 1. The molecule has 2 rings (SSSR count). The van der Waals surface area contributed by atoms with Crippen LogP contribution in [0.4, 0.5) is 5.69 Å². The summed E-state index contributed by atoms with van der Waals surface area (Å²) in [5.41, 5.74) is 1.15. The zero-order chi connectivity index (χ0) is 40.5. The lowest BCUT2D eigenvalue weighted by Gasteiger charge is -2.34. The number of aromatic hydroxyl groups is 1. The number of rotatable bonds is 22. The number of ether oxygens (including phenoxy) is 1. The standard InChI is InChI=1S/C40H59N5O8S/c1-10-13-37(50)45(24-46)17-12-14-36(49)42-31-21-29(15-16-34(31)48)20-30(18-25(3)4)41-39(52)32-23-54-40(43-32)35(53-28(8)47)22-33(26(5)6)44(9)38(51)19-27(7)11-2/h10,13,15-16,21,23-27,30,33,35,48H,11-12,14,17-20,22H2,1-9H3,(H,41,52)(H,42,49)/b13-10-/t27-,30?,33?,35?/m0/s1. The third-order valence-electron chi connectivity index (χ3n) is 9.10. The van der Waals surface area contributed by atoms with Crippen LogP contribution >= 0.6 is 11.3 Å². The highest BCUT2D eigenvalue weighted by Crippen LogP contribution is 2.31. The first-order valence-corrected chi connectivity index (χ1v) is 19.6. The molecule has 0 aliphatic rings. The molecule has 3 N–H and O–H groups in total. The first kappa shape index (κ1) is 45.6. The van der Waals surface area contributed by atoms with Gasteiger partial charge in [0.25, 0.3) is 11.8 Å². The van der Waals surface area contributed by atoms with Crippen molar-refractivity contribution in [3.63, 3.8) is 0 Å². The van der Waals surface area contributed by atoms with Gasteiger partial charge >= 0.3 is 5.97 Å². The van der Waals surface area contributed by atoms with Gasteiger partial charge in [0.1, 0.15) is 16.5 Å². The van der Waals surface area contributed by atoms with E-state index in [0.29, 0.717) is 37.1 Å². The number of esters is 1. The van der Waals surface area contributed by atoms with Crippen molar-refractivity contribution in [2.45, 2.75) is 119 Å². The Labute approximate surface area is 323 Å². The topological polar surface area (TPSA) is 175 Å². The number of carbonyl (C=O) groups excluding carboxylic acids is 6. The van der Waals surface area contributed by atoms with Gasteiger partial charge in [0.2, 0.25) is 18.2 Å². The molecule has 0 saturated heterocycles. The Kier molecular flexibility index (Phi) is 19.1. The molecular formula is C40H59N5O8S. The predicted octanol–water partition coefficient (Wildman–Crippen LogP) is 6.43. The molecule has 298 valence electrons. The second-order valence-corrected chi connectivity index (χ2v) is 15.5. The van der Waals surface area contributed by atoms with Gasteiger partial charge in [-0.2, -0.15) is 0 Å². The van der Waals surface area contributed by atoms with Crippen LogP contribution in [0.15, 0.2) is 35.7 Å². The normalized spacial score (nSPS) is 13.6. The van der Waals surface area contributed by atoms with Crippen LogP contribution in [0.2, 0.25) is 0 Å². The maximum atomic E-state index is 13.6. The molecule has 1 heterocycles. The van der Waals surface area contributed by atoms with E-state index in [1.165, 1.54) is 36.5 Å². The Bertz CT molecular complexity index is 1610. The number of phenolic OH excluding ortho intramolecular Hbond substituents is 1. The predicted molar refractivity (Wildman–Crippen MR) is 210 cm³/mol. The number of hydrogen-bond acceptors (Lipinski definition) is 10. The molecule has 13 nitrogen and oxygen atoms in total. The van der Waals surface area contributed by atoms with E-state index in [-0.39, 0.29) is 72.3 Å². The van der Waals surface area contributed by atoms with Crippen molar-refractivity contribution in [1.29, 1.82) is 0 Å². The fourth-order valence-corrected chi connectivity index (χ4v) is 6.84. The minimum atomic E-state index is -0.748. The molecule has 54 heavy (non-hydrogen) atoms. The van der Waals surface area contributed by atoms with Gasteiger partial charge in [0, 0.05) is 57.2 Å². The molecule has 0 bridgehead atoms. The van der Waals surface area contributed by atoms with E-state index in [1.807, 2.05) is 34.6 Å². The largest absolute Gasteiger partial charge is 0.506 e. The van der Waals surface area contributed by atoms with Crippen LogP contribution in [0.3, 0.4) is 0 Å². The van der Waals surface area contributed by atoms with E-state index in [0.717, 1.165) is 16.9 Å². The van der Waals surface area contributed by atoms with Crippen LogP contribution in [0.1, 0.15) is 121 Å². The van der Waals surface area contributed by atoms with E-state index in [9.17, 15) is 33.9 Å². The SMILES string of the molecule is C/C=C\C(=O)N(C=O)CCCC(=O)Nc1cc(CC(CC(C)C)NC(=O)c2csc(C(CC(C(C)C)N(C)C(=O)C[C@@H](C)CC)OC(C)=O)n2)ccc1O. The first-order valence-electron chi connectivity index (χ1n) is 18.7. The number of carbonyl (C=O) groups is 6. The van der Waals surface area contributed by atoms with Crippen molar-refractivity contribution in [1.82, 2.24) is 20.1 Å². The molecule has 0 spiro atoms. The first-order chi connectivity index (χ1) is 25.5. The number of amides is 5. The van der Waals surface area contributed by atoms with Crippen molar-refractivity contribution in [2.24, 2.45) is 17.8 Å². The molecule has 3 unspecified atom stereocenters. The molecule has 4 atom stereocenters. The maximum absolute atomic E-state index is 13.6. The van der Waals surface area contributed by atoms with E-state index in [1.54, 1.807) is 36.4 Å². The van der Waals surface area contributed by atoms with Crippen LogP contribution in [0, 0.1) is 17.8 Å². The van der Waals surface area contributed by atoms with Gasteiger partial charge in [-0.3, -0.25) is 33.7 Å². The van der Waals surface area contributed by atoms with Gasteiger partial charge < -0.3 is 25.4 Å². The number of aromatic nitrogens is 1. The summed E-state index contributed by atoms with van der Waals surface area (Å²) in [5, 5.41) is 18.4. The number of nitrogens with one attached hydrogen (secondary N) is 2. The Morgan fingerprint density at radius 1 is 1.07 bits per heavy atom. The van der Waals surface area contributed by atoms with Crippen LogP contribution in [0.5, 0.6) is 5.75 Å². The van der Waals surface area contributed by atoms with E-state index < -0.39 is 29.8 Å². The minimum Gasteiger partial charge on any atom is -0.506 e. The monoisotopic (exact) mass is 769 g/mol. The Morgan fingerprint density at radius 2 is 1.78 bits per heavy atom.